The maximum atomic E-state index is 13.3. The molecule has 0 aliphatic heterocycles. The summed E-state index contributed by atoms with van der Waals surface area (Å²) in [6.45, 7) is 0.549. The number of halogens is 2. The first-order valence-corrected chi connectivity index (χ1v) is 6.64. The molecule has 0 unspecified atom stereocenters. The van der Waals surface area contributed by atoms with Crippen LogP contribution >= 0.6 is 27.3 Å². The van der Waals surface area contributed by atoms with Crippen LogP contribution in [0, 0.1) is 15.9 Å². The quantitative estimate of drug-likeness (QED) is 0.676. The zero-order chi connectivity index (χ0) is 13.1. The van der Waals surface area contributed by atoms with Crippen molar-refractivity contribution in [2.75, 3.05) is 5.32 Å². The van der Waals surface area contributed by atoms with E-state index in [9.17, 15) is 14.5 Å². The summed E-state index contributed by atoms with van der Waals surface area (Å²) in [5, 5.41) is 15.4. The van der Waals surface area contributed by atoms with E-state index >= 15 is 0 Å². The summed E-state index contributed by atoms with van der Waals surface area (Å²) in [4.78, 5) is 10.8. The summed E-state index contributed by atoms with van der Waals surface area (Å²) in [6.07, 6.45) is 0. The van der Waals surface area contributed by atoms with Crippen molar-refractivity contribution in [3.63, 3.8) is 0 Å². The number of rotatable bonds is 4. The predicted octanol–water partition coefficient (Wildman–Crippen LogP) is 4.17. The fraction of sp³-hybridized carbons (Fsp3) is 0.0909. The molecule has 2 rings (SSSR count). The Labute approximate surface area is 115 Å². The molecule has 7 heteroatoms. The number of nitrogens with zero attached hydrogens (tertiary/aromatic N) is 1. The standard InChI is InChI=1S/C11H8BrFN2O2S/c12-7-3-9(18-6-7)5-14-8-1-2-11(15(16)17)10(13)4-8/h1-4,6,14H,5H2. The molecular formula is C11H8BrFN2O2S. The molecule has 1 aromatic carbocycles. The largest absolute Gasteiger partial charge is 0.380 e. The predicted molar refractivity (Wildman–Crippen MR) is 72.4 cm³/mol. The van der Waals surface area contributed by atoms with Gasteiger partial charge in [0.05, 0.1) is 4.92 Å². The highest BCUT2D eigenvalue weighted by Gasteiger charge is 2.13. The van der Waals surface area contributed by atoms with Crippen molar-refractivity contribution >= 4 is 38.6 Å². The minimum atomic E-state index is -0.836. The third-order valence-corrected chi connectivity index (χ3v) is 3.93. The van der Waals surface area contributed by atoms with E-state index < -0.39 is 16.4 Å². The van der Waals surface area contributed by atoms with E-state index in [0.29, 0.717) is 12.2 Å². The number of nitrogens with one attached hydrogen (secondary N) is 1. The summed E-state index contributed by atoms with van der Waals surface area (Å²) in [7, 11) is 0. The number of anilines is 1. The Bertz CT molecular complexity index is 588. The molecule has 0 saturated heterocycles. The maximum absolute atomic E-state index is 13.3. The van der Waals surface area contributed by atoms with Gasteiger partial charge in [0.15, 0.2) is 0 Å². The monoisotopic (exact) mass is 330 g/mol. The number of nitro benzene ring substituents is 1. The lowest BCUT2D eigenvalue weighted by Crippen LogP contribution is -1.99. The normalized spacial score (nSPS) is 10.3. The van der Waals surface area contributed by atoms with Crippen molar-refractivity contribution in [2.45, 2.75) is 6.54 Å². The molecule has 0 radical (unpaired) electrons. The Kier molecular flexibility index (Phi) is 3.93. The summed E-state index contributed by atoms with van der Waals surface area (Å²) < 4.78 is 14.3. The first-order valence-electron chi connectivity index (χ1n) is 4.97. The molecule has 4 nitrogen and oxygen atoms in total. The van der Waals surface area contributed by atoms with Gasteiger partial charge in [-0.2, -0.15) is 4.39 Å². The zero-order valence-corrected chi connectivity index (χ0v) is 11.4. The summed E-state index contributed by atoms with van der Waals surface area (Å²) in [5.74, 6) is -0.836. The van der Waals surface area contributed by atoms with Crippen LogP contribution in [0.25, 0.3) is 0 Å². The molecule has 0 aliphatic rings. The van der Waals surface area contributed by atoms with Gasteiger partial charge >= 0.3 is 5.69 Å². The second-order valence-corrected chi connectivity index (χ2v) is 5.42. The molecule has 0 atom stereocenters. The molecule has 0 fully saturated rings. The number of hydrogen-bond donors (Lipinski definition) is 1. The van der Waals surface area contributed by atoms with Crippen LogP contribution in [0.3, 0.4) is 0 Å². The van der Waals surface area contributed by atoms with Crippen LogP contribution in [-0.4, -0.2) is 4.92 Å². The van der Waals surface area contributed by atoms with Crippen molar-refractivity contribution in [3.05, 3.63) is 54.9 Å². The van der Waals surface area contributed by atoms with Crippen molar-refractivity contribution in [2.24, 2.45) is 0 Å². The van der Waals surface area contributed by atoms with Gasteiger partial charge in [-0.25, -0.2) is 0 Å². The first-order chi connectivity index (χ1) is 8.56. The van der Waals surface area contributed by atoms with Crippen molar-refractivity contribution < 1.29 is 9.31 Å². The van der Waals surface area contributed by atoms with Gasteiger partial charge in [0.2, 0.25) is 5.82 Å². The van der Waals surface area contributed by atoms with Gasteiger partial charge in [-0.1, -0.05) is 0 Å². The Morgan fingerprint density at radius 2 is 2.22 bits per heavy atom. The highest BCUT2D eigenvalue weighted by Crippen LogP contribution is 2.23. The third-order valence-electron chi connectivity index (χ3n) is 2.23. The van der Waals surface area contributed by atoms with Crippen LogP contribution in [0.5, 0.6) is 0 Å². The Balaban J connectivity index is 2.06. The van der Waals surface area contributed by atoms with Gasteiger partial charge in [0.25, 0.3) is 0 Å². The topological polar surface area (TPSA) is 55.2 Å². The Morgan fingerprint density at radius 3 is 2.78 bits per heavy atom. The second-order valence-electron chi connectivity index (χ2n) is 3.51. The van der Waals surface area contributed by atoms with Crippen molar-refractivity contribution in [3.8, 4) is 0 Å². The second kappa shape index (κ2) is 5.45. The van der Waals surface area contributed by atoms with Gasteiger partial charge in [0.1, 0.15) is 0 Å². The van der Waals surface area contributed by atoms with E-state index in [1.165, 1.54) is 6.07 Å². The van der Waals surface area contributed by atoms with Gasteiger partial charge in [-0.3, -0.25) is 10.1 Å². The molecule has 18 heavy (non-hydrogen) atoms. The zero-order valence-electron chi connectivity index (χ0n) is 9.02. The smallest absolute Gasteiger partial charge is 0.304 e. The molecule has 0 aliphatic carbocycles. The Hall–Kier alpha value is -1.47. The lowest BCUT2D eigenvalue weighted by Gasteiger charge is -2.04. The van der Waals surface area contributed by atoms with Crippen molar-refractivity contribution in [1.82, 2.24) is 0 Å². The van der Waals surface area contributed by atoms with Gasteiger partial charge in [-0.15, -0.1) is 11.3 Å². The summed E-state index contributed by atoms with van der Waals surface area (Å²) in [6, 6.07) is 5.73. The molecule has 94 valence electrons. The minimum Gasteiger partial charge on any atom is -0.380 e. The van der Waals surface area contributed by atoms with Crippen LogP contribution in [0.4, 0.5) is 15.8 Å². The van der Waals surface area contributed by atoms with Gasteiger partial charge in [0, 0.05) is 39.1 Å². The van der Waals surface area contributed by atoms with Crippen LogP contribution in [0.15, 0.2) is 34.1 Å². The van der Waals surface area contributed by atoms with E-state index in [4.69, 9.17) is 0 Å². The fourth-order valence-corrected chi connectivity index (χ4v) is 2.79. The average molecular weight is 331 g/mol. The molecule has 1 aromatic heterocycles. The van der Waals surface area contributed by atoms with E-state index in [1.807, 2.05) is 11.4 Å². The SMILES string of the molecule is O=[N+]([O-])c1ccc(NCc2cc(Br)cs2)cc1F. The lowest BCUT2D eigenvalue weighted by molar-refractivity contribution is -0.387. The van der Waals surface area contributed by atoms with Crippen LogP contribution in [0.1, 0.15) is 4.88 Å². The molecule has 0 amide bonds. The maximum Gasteiger partial charge on any atom is 0.304 e. The molecule has 0 bridgehead atoms. The molecule has 1 heterocycles. The van der Waals surface area contributed by atoms with Crippen LogP contribution in [-0.2, 0) is 6.54 Å². The van der Waals surface area contributed by atoms with E-state index in [0.717, 1.165) is 21.5 Å². The molecule has 1 N–H and O–H groups in total. The van der Waals surface area contributed by atoms with Gasteiger partial charge in [-0.05, 0) is 28.1 Å². The van der Waals surface area contributed by atoms with Crippen molar-refractivity contribution in [1.29, 1.82) is 0 Å². The summed E-state index contributed by atoms with van der Waals surface area (Å²) >= 11 is 4.91. The third kappa shape index (κ3) is 3.05. The number of thiophene rings is 1. The fourth-order valence-electron chi connectivity index (χ4n) is 1.40. The molecule has 2 aromatic rings. The molecule has 0 spiro atoms. The number of benzene rings is 1. The van der Waals surface area contributed by atoms with Gasteiger partial charge < -0.3 is 5.32 Å². The molecule has 0 saturated carbocycles. The van der Waals surface area contributed by atoms with Crippen LogP contribution < -0.4 is 5.32 Å². The van der Waals surface area contributed by atoms with E-state index in [2.05, 4.69) is 21.2 Å². The van der Waals surface area contributed by atoms with Crippen LogP contribution in [0.2, 0.25) is 0 Å². The molecular weight excluding hydrogens is 323 g/mol. The van der Waals surface area contributed by atoms with E-state index in [-0.39, 0.29) is 0 Å². The summed E-state index contributed by atoms with van der Waals surface area (Å²) in [5.41, 5.74) is 0.00189. The lowest BCUT2D eigenvalue weighted by atomic mass is 10.2. The minimum absolute atomic E-state index is 0.514. The number of hydrogen-bond acceptors (Lipinski definition) is 4. The first kappa shape index (κ1) is 13.0. The Morgan fingerprint density at radius 1 is 1.44 bits per heavy atom. The highest BCUT2D eigenvalue weighted by atomic mass is 79.9. The number of nitro groups is 1. The van der Waals surface area contributed by atoms with E-state index in [1.54, 1.807) is 11.3 Å². The average Bonchev–Trinajstić information content (AvgIpc) is 2.72. The highest BCUT2D eigenvalue weighted by molar-refractivity contribution is 9.10.